The lowest BCUT2D eigenvalue weighted by atomic mass is 10.1. The summed E-state index contributed by atoms with van der Waals surface area (Å²) >= 11 is 0. The number of hydrogen-bond donors (Lipinski definition) is 1. The first-order chi connectivity index (χ1) is 13.3. The van der Waals surface area contributed by atoms with E-state index in [9.17, 15) is 26.4 Å². The van der Waals surface area contributed by atoms with E-state index in [2.05, 4.69) is 5.32 Å². The second kappa shape index (κ2) is 8.32. The Balaban J connectivity index is 2.40. The number of hydrogen-bond acceptors (Lipinski definition) is 4. The van der Waals surface area contributed by atoms with Gasteiger partial charge in [-0.1, -0.05) is 12.1 Å². The van der Waals surface area contributed by atoms with Crippen molar-refractivity contribution < 1.29 is 31.1 Å². The monoisotopic (exact) mass is 430 g/mol. The van der Waals surface area contributed by atoms with Gasteiger partial charge in [0.15, 0.2) is 0 Å². The van der Waals surface area contributed by atoms with Crippen LogP contribution in [0, 0.1) is 6.92 Å². The molecule has 29 heavy (non-hydrogen) atoms. The quantitative estimate of drug-likeness (QED) is 0.756. The molecule has 0 fully saturated rings. The Hall–Kier alpha value is -2.75. The van der Waals surface area contributed by atoms with Gasteiger partial charge in [0.25, 0.3) is 0 Å². The van der Waals surface area contributed by atoms with Crippen molar-refractivity contribution in [1.82, 2.24) is 0 Å². The number of benzene rings is 2. The number of rotatable bonds is 6. The highest BCUT2D eigenvalue weighted by atomic mass is 32.2. The molecule has 0 aliphatic rings. The summed E-state index contributed by atoms with van der Waals surface area (Å²) in [5.74, 6) is -0.557. The zero-order valence-electron chi connectivity index (χ0n) is 16.2. The fourth-order valence-corrected chi connectivity index (χ4v) is 3.94. The first-order valence-electron chi connectivity index (χ1n) is 8.46. The summed E-state index contributed by atoms with van der Waals surface area (Å²) in [6.45, 7) is 3.09. The van der Waals surface area contributed by atoms with Crippen LogP contribution in [0.15, 0.2) is 42.5 Å². The Labute approximate surface area is 167 Å². The van der Waals surface area contributed by atoms with Gasteiger partial charge in [0, 0.05) is 5.69 Å². The van der Waals surface area contributed by atoms with Crippen molar-refractivity contribution >= 4 is 27.3 Å². The first kappa shape index (κ1) is 22.5. The number of halogens is 3. The smallest absolute Gasteiger partial charge is 0.416 e. The lowest BCUT2D eigenvalue weighted by molar-refractivity contribution is -0.137. The third-order valence-corrected chi connectivity index (χ3v) is 5.35. The molecule has 0 aliphatic carbocycles. The number of nitrogens with zero attached hydrogens (tertiary/aromatic N) is 1. The summed E-state index contributed by atoms with van der Waals surface area (Å²) in [7, 11) is -2.56. The normalized spacial score (nSPS) is 12.9. The highest BCUT2D eigenvalue weighted by Gasteiger charge is 2.33. The molecule has 0 radical (unpaired) electrons. The van der Waals surface area contributed by atoms with Crippen molar-refractivity contribution in [3.8, 4) is 5.75 Å². The molecule has 0 aliphatic heterocycles. The molecule has 0 saturated heterocycles. The number of ether oxygens (including phenoxy) is 1. The number of carbonyl (C=O) groups excluding carboxylic acids is 1. The van der Waals surface area contributed by atoms with Crippen molar-refractivity contribution in [3.05, 3.63) is 53.6 Å². The van der Waals surface area contributed by atoms with Gasteiger partial charge in [-0.15, -0.1) is 0 Å². The Morgan fingerprint density at radius 2 is 1.83 bits per heavy atom. The zero-order chi connectivity index (χ0) is 22.0. The van der Waals surface area contributed by atoms with Gasteiger partial charge in [-0.2, -0.15) is 13.2 Å². The maximum absolute atomic E-state index is 12.9. The van der Waals surface area contributed by atoms with Gasteiger partial charge < -0.3 is 10.1 Å². The number of anilines is 2. The molecule has 1 N–H and O–H groups in total. The topological polar surface area (TPSA) is 75.7 Å². The maximum atomic E-state index is 12.9. The van der Waals surface area contributed by atoms with E-state index in [0.717, 1.165) is 34.3 Å². The third-order valence-electron chi connectivity index (χ3n) is 4.12. The van der Waals surface area contributed by atoms with E-state index in [-0.39, 0.29) is 17.1 Å². The second-order valence-corrected chi connectivity index (χ2v) is 8.34. The van der Waals surface area contributed by atoms with Crippen LogP contribution in [0.4, 0.5) is 24.5 Å². The minimum atomic E-state index is -4.57. The van der Waals surface area contributed by atoms with E-state index in [1.54, 1.807) is 25.1 Å². The van der Waals surface area contributed by atoms with Crippen LogP contribution in [0.25, 0.3) is 0 Å². The minimum absolute atomic E-state index is 0.0960. The molecule has 1 atom stereocenters. The fraction of sp³-hybridized carbons (Fsp3) is 0.316. The molecule has 0 heterocycles. The Bertz CT molecular complexity index is 1010. The fourth-order valence-electron chi connectivity index (χ4n) is 2.77. The second-order valence-electron chi connectivity index (χ2n) is 6.48. The summed E-state index contributed by atoms with van der Waals surface area (Å²) in [4.78, 5) is 12.7. The molecule has 6 nitrogen and oxygen atoms in total. The number of sulfonamides is 1. The predicted molar refractivity (Wildman–Crippen MR) is 105 cm³/mol. The van der Waals surface area contributed by atoms with E-state index in [1.807, 2.05) is 0 Å². The van der Waals surface area contributed by atoms with Crippen LogP contribution >= 0.6 is 0 Å². The third kappa shape index (κ3) is 5.41. The lowest BCUT2D eigenvalue weighted by Gasteiger charge is -2.29. The van der Waals surface area contributed by atoms with Gasteiger partial charge in [0.2, 0.25) is 15.9 Å². The molecule has 158 valence electrons. The van der Waals surface area contributed by atoms with Crippen molar-refractivity contribution in [1.29, 1.82) is 0 Å². The molecule has 0 saturated carbocycles. The summed E-state index contributed by atoms with van der Waals surface area (Å²) in [6, 6.07) is 7.68. The number of alkyl halides is 3. The van der Waals surface area contributed by atoms with Crippen LogP contribution in [-0.4, -0.2) is 33.7 Å². The summed E-state index contributed by atoms with van der Waals surface area (Å²) in [5.41, 5.74) is -0.133. The number of methoxy groups -OCH3 is 1. The SMILES string of the molecule is COc1ccc(C)cc1N([C@H](C)C(=O)Nc1cccc(C(F)(F)F)c1)S(C)(=O)=O. The van der Waals surface area contributed by atoms with Crippen LogP contribution in [0.1, 0.15) is 18.1 Å². The van der Waals surface area contributed by atoms with Gasteiger partial charge in [0.05, 0.1) is 24.6 Å². The minimum Gasteiger partial charge on any atom is -0.495 e. The Morgan fingerprint density at radius 3 is 2.38 bits per heavy atom. The summed E-state index contributed by atoms with van der Waals surface area (Å²) in [5, 5.41) is 2.34. The van der Waals surface area contributed by atoms with Crippen LogP contribution < -0.4 is 14.4 Å². The Morgan fingerprint density at radius 1 is 1.17 bits per heavy atom. The van der Waals surface area contributed by atoms with Crippen molar-refractivity contribution in [2.75, 3.05) is 23.0 Å². The standard InChI is InChI=1S/C19H21F3N2O4S/c1-12-8-9-17(28-3)16(10-12)24(29(4,26)27)13(2)18(25)23-15-7-5-6-14(11-15)19(20,21)22/h5-11,13H,1-4H3,(H,23,25)/t13-/m1/s1. The van der Waals surface area contributed by atoms with E-state index in [1.165, 1.54) is 20.1 Å². The molecule has 2 aromatic carbocycles. The molecular formula is C19H21F3N2O4S. The van der Waals surface area contributed by atoms with E-state index in [4.69, 9.17) is 4.74 Å². The largest absolute Gasteiger partial charge is 0.495 e. The first-order valence-corrected chi connectivity index (χ1v) is 10.3. The molecule has 2 aromatic rings. The highest BCUT2D eigenvalue weighted by molar-refractivity contribution is 7.92. The van der Waals surface area contributed by atoms with E-state index < -0.39 is 33.7 Å². The van der Waals surface area contributed by atoms with Crippen LogP contribution in [0.5, 0.6) is 5.75 Å². The van der Waals surface area contributed by atoms with E-state index >= 15 is 0 Å². The van der Waals surface area contributed by atoms with Gasteiger partial charge in [-0.25, -0.2) is 8.42 Å². The zero-order valence-corrected chi connectivity index (χ0v) is 17.1. The molecule has 2 rings (SSSR count). The van der Waals surface area contributed by atoms with Crippen LogP contribution in [0.2, 0.25) is 0 Å². The van der Waals surface area contributed by atoms with Gasteiger partial charge in [0.1, 0.15) is 11.8 Å². The van der Waals surface area contributed by atoms with Crippen LogP contribution in [-0.2, 0) is 21.0 Å². The molecule has 0 spiro atoms. The summed E-state index contributed by atoms with van der Waals surface area (Å²) < 4.78 is 69.6. The van der Waals surface area contributed by atoms with Crippen molar-refractivity contribution in [2.24, 2.45) is 0 Å². The van der Waals surface area contributed by atoms with Crippen molar-refractivity contribution in [2.45, 2.75) is 26.1 Å². The molecule has 0 aromatic heterocycles. The van der Waals surface area contributed by atoms with Crippen LogP contribution in [0.3, 0.4) is 0 Å². The molecule has 1 amide bonds. The average Bonchev–Trinajstić information content (AvgIpc) is 2.60. The summed E-state index contributed by atoms with van der Waals surface area (Å²) in [6.07, 6.45) is -3.64. The Kier molecular flexibility index (Phi) is 6.46. The number of carbonyl (C=O) groups is 1. The maximum Gasteiger partial charge on any atom is 0.416 e. The lowest BCUT2D eigenvalue weighted by Crippen LogP contribution is -2.45. The number of aryl methyl sites for hydroxylation is 1. The highest BCUT2D eigenvalue weighted by Crippen LogP contribution is 2.33. The van der Waals surface area contributed by atoms with E-state index in [0.29, 0.717) is 0 Å². The van der Waals surface area contributed by atoms with Gasteiger partial charge >= 0.3 is 6.18 Å². The molecular weight excluding hydrogens is 409 g/mol. The van der Waals surface area contributed by atoms with Crippen molar-refractivity contribution in [3.63, 3.8) is 0 Å². The van der Waals surface area contributed by atoms with Gasteiger partial charge in [-0.05, 0) is 49.7 Å². The molecule has 0 unspecified atom stereocenters. The molecule has 0 bridgehead atoms. The number of amides is 1. The molecule has 10 heteroatoms. The average molecular weight is 430 g/mol. The number of nitrogens with one attached hydrogen (secondary N) is 1. The van der Waals surface area contributed by atoms with Gasteiger partial charge in [-0.3, -0.25) is 9.10 Å². The predicted octanol–water partition coefficient (Wildman–Crippen LogP) is 3.82.